The Morgan fingerprint density at radius 3 is 2.71 bits per heavy atom. The lowest BCUT2D eigenvalue weighted by molar-refractivity contribution is 0.216. The molecule has 1 N–H and O–H groups in total. The zero-order valence-electron chi connectivity index (χ0n) is 11.2. The van der Waals surface area contributed by atoms with E-state index < -0.39 is 0 Å². The molecule has 1 heterocycles. The Balaban J connectivity index is 2.00. The fourth-order valence-corrected chi connectivity index (χ4v) is 2.42. The minimum absolute atomic E-state index is 0.670. The van der Waals surface area contributed by atoms with Crippen LogP contribution in [0.2, 0.25) is 0 Å². The summed E-state index contributed by atoms with van der Waals surface area (Å²) in [5.41, 5.74) is 3.85. The van der Waals surface area contributed by atoms with Gasteiger partial charge in [-0.3, -0.25) is 0 Å². The molecule has 1 aromatic rings. The highest BCUT2D eigenvalue weighted by Crippen LogP contribution is 2.26. The molecule has 0 amide bonds. The van der Waals surface area contributed by atoms with Crippen LogP contribution in [0, 0.1) is 26.7 Å². The summed E-state index contributed by atoms with van der Waals surface area (Å²) in [6.07, 6.45) is 2.57. The summed E-state index contributed by atoms with van der Waals surface area (Å²) in [7, 11) is 0. The molecule has 1 fully saturated rings. The van der Waals surface area contributed by atoms with Crippen LogP contribution in [-0.4, -0.2) is 19.7 Å². The SMILES string of the molecule is Cc1ccc(C)c(OCC2CCCNC2)c1C. The van der Waals surface area contributed by atoms with Crippen LogP contribution in [0.15, 0.2) is 12.1 Å². The van der Waals surface area contributed by atoms with Crippen molar-refractivity contribution in [2.24, 2.45) is 5.92 Å². The lowest BCUT2D eigenvalue weighted by Crippen LogP contribution is -2.33. The predicted molar refractivity (Wildman–Crippen MR) is 71.7 cm³/mol. The molecule has 0 bridgehead atoms. The summed E-state index contributed by atoms with van der Waals surface area (Å²) in [6.45, 7) is 9.53. The summed E-state index contributed by atoms with van der Waals surface area (Å²) >= 11 is 0. The highest BCUT2D eigenvalue weighted by Gasteiger charge is 2.15. The minimum atomic E-state index is 0.670. The van der Waals surface area contributed by atoms with Crippen LogP contribution in [0.25, 0.3) is 0 Å². The molecule has 1 unspecified atom stereocenters. The van der Waals surface area contributed by atoms with Gasteiger partial charge in [-0.05, 0) is 56.8 Å². The largest absolute Gasteiger partial charge is 0.493 e. The molecule has 94 valence electrons. The first kappa shape index (κ1) is 12.4. The molecule has 2 heteroatoms. The van der Waals surface area contributed by atoms with Crippen LogP contribution in [0.4, 0.5) is 0 Å². The molecule has 1 saturated heterocycles. The molecule has 2 rings (SSSR count). The predicted octanol–water partition coefficient (Wildman–Crippen LogP) is 2.99. The first-order chi connectivity index (χ1) is 8.18. The van der Waals surface area contributed by atoms with Gasteiger partial charge in [0, 0.05) is 12.5 Å². The van der Waals surface area contributed by atoms with Crippen molar-refractivity contribution in [1.29, 1.82) is 0 Å². The monoisotopic (exact) mass is 233 g/mol. The molecule has 1 atom stereocenters. The van der Waals surface area contributed by atoms with Crippen LogP contribution in [0.1, 0.15) is 29.5 Å². The van der Waals surface area contributed by atoms with E-state index in [1.807, 2.05) is 0 Å². The molecule has 2 nitrogen and oxygen atoms in total. The van der Waals surface area contributed by atoms with E-state index in [-0.39, 0.29) is 0 Å². The van der Waals surface area contributed by atoms with Crippen molar-refractivity contribution in [3.8, 4) is 5.75 Å². The third-order valence-corrected chi connectivity index (χ3v) is 3.74. The first-order valence-corrected chi connectivity index (χ1v) is 6.59. The van der Waals surface area contributed by atoms with Gasteiger partial charge >= 0.3 is 0 Å². The van der Waals surface area contributed by atoms with E-state index >= 15 is 0 Å². The Labute approximate surface area is 104 Å². The molecule has 1 aromatic carbocycles. The number of hydrogen-bond acceptors (Lipinski definition) is 2. The maximum Gasteiger partial charge on any atom is 0.125 e. The number of ether oxygens (including phenoxy) is 1. The van der Waals surface area contributed by atoms with Gasteiger partial charge in [0.15, 0.2) is 0 Å². The van der Waals surface area contributed by atoms with E-state index in [4.69, 9.17) is 4.74 Å². The summed E-state index contributed by atoms with van der Waals surface area (Å²) in [4.78, 5) is 0. The molecule has 0 radical (unpaired) electrons. The van der Waals surface area contributed by atoms with Gasteiger partial charge in [-0.1, -0.05) is 12.1 Å². The van der Waals surface area contributed by atoms with Gasteiger partial charge in [0.05, 0.1) is 6.61 Å². The summed E-state index contributed by atoms with van der Waals surface area (Å²) in [5, 5.41) is 3.43. The Morgan fingerprint density at radius 2 is 2.00 bits per heavy atom. The molecule has 0 spiro atoms. The molecule has 1 aliphatic rings. The van der Waals surface area contributed by atoms with Gasteiger partial charge in [0.1, 0.15) is 5.75 Å². The third-order valence-electron chi connectivity index (χ3n) is 3.74. The van der Waals surface area contributed by atoms with Crippen LogP contribution >= 0.6 is 0 Å². The first-order valence-electron chi connectivity index (χ1n) is 6.59. The number of rotatable bonds is 3. The number of piperidine rings is 1. The van der Waals surface area contributed by atoms with E-state index in [9.17, 15) is 0 Å². The fraction of sp³-hybridized carbons (Fsp3) is 0.600. The summed E-state index contributed by atoms with van der Waals surface area (Å²) in [5.74, 6) is 1.76. The zero-order chi connectivity index (χ0) is 12.3. The van der Waals surface area contributed by atoms with E-state index in [2.05, 4.69) is 38.2 Å². The lowest BCUT2D eigenvalue weighted by Gasteiger charge is -2.24. The van der Waals surface area contributed by atoms with Crippen LogP contribution in [0.5, 0.6) is 5.75 Å². The molecule has 17 heavy (non-hydrogen) atoms. The Hall–Kier alpha value is -1.02. The Bertz CT molecular complexity index is 381. The average Bonchev–Trinajstić information content (AvgIpc) is 2.35. The topological polar surface area (TPSA) is 21.3 Å². The summed E-state index contributed by atoms with van der Waals surface area (Å²) in [6, 6.07) is 4.32. The van der Waals surface area contributed by atoms with Gasteiger partial charge in [0.2, 0.25) is 0 Å². The van der Waals surface area contributed by atoms with E-state index in [1.54, 1.807) is 0 Å². The quantitative estimate of drug-likeness (QED) is 0.866. The number of nitrogens with one attached hydrogen (secondary N) is 1. The Kier molecular flexibility index (Phi) is 4.06. The second-order valence-electron chi connectivity index (χ2n) is 5.18. The minimum Gasteiger partial charge on any atom is -0.493 e. The van der Waals surface area contributed by atoms with Crippen molar-refractivity contribution in [2.75, 3.05) is 19.7 Å². The van der Waals surface area contributed by atoms with E-state index in [0.717, 1.165) is 18.9 Å². The van der Waals surface area contributed by atoms with Gasteiger partial charge < -0.3 is 10.1 Å². The fourth-order valence-electron chi connectivity index (χ4n) is 2.42. The highest BCUT2D eigenvalue weighted by atomic mass is 16.5. The van der Waals surface area contributed by atoms with Crippen molar-refractivity contribution in [2.45, 2.75) is 33.6 Å². The van der Waals surface area contributed by atoms with Crippen molar-refractivity contribution in [3.63, 3.8) is 0 Å². The lowest BCUT2D eigenvalue weighted by atomic mass is 10.0. The second kappa shape index (κ2) is 5.54. The van der Waals surface area contributed by atoms with Gasteiger partial charge in [0.25, 0.3) is 0 Å². The molecular weight excluding hydrogens is 210 g/mol. The van der Waals surface area contributed by atoms with Gasteiger partial charge in [-0.25, -0.2) is 0 Å². The molecule has 1 aliphatic heterocycles. The van der Waals surface area contributed by atoms with Crippen molar-refractivity contribution < 1.29 is 4.74 Å². The van der Waals surface area contributed by atoms with Crippen LogP contribution in [0.3, 0.4) is 0 Å². The maximum absolute atomic E-state index is 6.05. The van der Waals surface area contributed by atoms with Crippen molar-refractivity contribution in [3.05, 3.63) is 28.8 Å². The van der Waals surface area contributed by atoms with E-state index in [0.29, 0.717) is 5.92 Å². The van der Waals surface area contributed by atoms with Crippen LogP contribution in [-0.2, 0) is 0 Å². The van der Waals surface area contributed by atoms with Crippen LogP contribution < -0.4 is 10.1 Å². The summed E-state index contributed by atoms with van der Waals surface area (Å²) < 4.78 is 6.05. The molecule has 0 saturated carbocycles. The Morgan fingerprint density at radius 1 is 1.24 bits per heavy atom. The second-order valence-corrected chi connectivity index (χ2v) is 5.18. The van der Waals surface area contributed by atoms with Crippen molar-refractivity contribution in [1.82, 2.24) is 5.32 Å². The molecule has 0 aliphatic carbocycles. The van der Waals surface area contributed by atoms with Gasteiger partial charge in [-0.2, -0.15) is 0 Å². The van der Waals surface area contributed by atoms with E-state index in [1.165, 1.54) is 36.1 Å². The normalized spacial score (nSPS) is 20.3. The van der Waals surface area contributed by atoms with Gasteiger partial charge in [-0.15, -0.1) is 0 Å². The number of benzene rings is 1. The smallest absolute Gasteiger partial charge is 0.125 e. The standard InChI is InChI=1S/C15H23NO/c1-11-6-7-12(2)15(13(11)3)17-10-14-5-4-8-16-9-14/h6-7,14,16H,4-5,8-10H2,1-3H3. The maximum atomic E-state index is 6.05. The third kappa shape index (κ3) is 3.01. The molecule has 0 aromatic heterocycles. The zero-order valence-corrected chi connectivity index (χ0v) is 11.2. The van der Waals surface area contributed by atoms with Crippen molar-refractivity contribution >= 4 is 0 Å². The average molecular weight is 233 g/mol. The molecular formula is C15H23NO. The highest BCUT2D eigenvalue weighted by molar-refractivity contribution is 5.44. The number of hydrogen-bond donors (Lipinski definition) is 1. The number of aryl methyl sites for hydroxylation is 2.